The highest BCUT2D eigenvalue weighted by Crippen LogP contribution is 2.16. The zero-order valence-electron chi connectivity index (χ0n) is 12.1. The first-order valence-electron chi connectivity index (χ1n) is 6.50. The molecule has 2 amide bonds. The van der Waals surface area contributed by atoms with Crippen molar-refractivity contribution in [2.75, 3.05) is 11.5 Å². The average molecular weight is 363 g/mol. The average Bonchev–Trinajstić information content (AvgIpc) is 2.58. The Labute approximate surface area is 146 Å². The first kappa shape index (κ1) is 17.5. The molecule has 1 aromatic carbocycles. The summed E-state index contributed by atoms with van der Waals surface area (Å²) in [6, 6.07) is 8.30. The quantitative estimate of drug-likeness (QED) is 0.421. The maximum absolute atomic E-state index is 11.9. The molecule has 0 atom stereocenters. The van der Waals surface area contributed by atoms with E-state index in [9.17, 15) is 9.59 Å². The predicted octanol–water partition coefficient (Wildman–Crippen LogP) is 1.14. The van der Waals surface area contributed by atoms with E-state index >= 15 is 0 Å². The number of aromatic nitrogens is 2. The molecule has 0 aliphatic rings. The second-order valence-electron chi connectivity index (χ2n) is 4.33. The van der Waals surface area contributed by atoms with Crippen LogP contribution in [0.2, 0.25) is 5.02 Å². The van der Waals surface area contributed by atoms with Crippen LogP contribution in [0.1, 0.15) is 15.9 Å². The van der Waals surface area contributed by atoms with E-state index in [1.807, 2.05) is 6.07 Å². The Balaban J connectivity index is 1.84. The molecule has 2 rings (SSSR count). The fourth-order valence-electron chi connectivity index (χ4n) is 1.54. The number of nitrogen functional groups attached to an aromatic ring is 1. The van der Waals surface area contributed by atoms with E-state index in [1.54, 1.807) is 18.2 Å². The minimum absolute atomic E-state index is 0.0439. The van der Waals surface area contributed by atoms with Crippen molar-refractivity contribution in [3.8, 4) is 6.07 Å². The number of anilines is 1. The minimum Gasteiger partial charge on any atom is -0.382 e. The molecule has 8 nitrogen and oxygen atoms in total. The Morgan fingerprint density at radius 1 is 1.33 bits per heavy atom. The fourth-order valence-corrected chi connectivity index (χ4v) is 2.38. The molecular weight excluding hydrogens is 352 g/mol. The van der Waals surface area contributed by atoms with Crippen LogP contribution in [0.15, 0.2) is 35.6 Å². The van der Waals surface area contributed by atoms with Crippen LogP contribution in [-0.2, 0) is 4.79 Å². The van der Waals surface area contributed by atoms with Gasteiger partial charge < -0.3 is 5.73 Å². The molecule has 0 fully saturated rings. The van der Waals surface area contributed by atoms with Crippen molar-refractivity contribution in [2.24, 2.45) is 0 Å². The number of benzene rings is 1. The molecule has 0 spiro atoms. The van der Waals surface area contributed by atoms with Crippen molar-refractivity contribution >= 4 is 41.0 Å². The summed E-state index contributed by atoms with van der Waals surface area (Å²) in [7, 11) is 0. The van der Waals surface area contributed by atoms with Gasteiger partial charge in [0, 0.05) is 0 Å². The number of halogens is 1. The van der Waals surface area contributed by atoms with Crippen molar-refractivity contribution in [2.45, 2.75) is 5.16 Å². The van der Waals surface area contributed by atoms with E-state index in [1.165, 1.54) is 12.3 Å². The monoisotopic (exact) mass is 362 g/mol. The van der Waals surface area contributed by atoms with E-state index in [0.717, 1.165) is 11.8 Å². The standard InChI is InChI=1S/C14H11ClN6O2S/c15-10-4-2-1-3-9(10)13(23)21-20-11(22)7-24-14-18-6-8(5-16)12(17)19-14/h1-4,6H,7H2,(H,20,22)(H,21,23)(H2,17,18,19). The molecule has 0 unspecified atom stereocenters. The Morgan fingerprint density at radius 2 is 2.08 bits per heavy atom. The minimum atomic E-state index is -0.530. The molecule has 10 heteroatoms. The highest BCUT2D eigenvalue weighted by molar-refractivity contribution is 7.99. The summed E-state index contributed by atoms with van der Waals surface area (Å²) in [5.74, 6) is -0.999. The van der Waals surface area contributed by atoms with Gasteiger partial charge in [0.2, 0.25) is 5.91 Å². The number of thioether (sulfide) groups is 1. The van der Waals surface area contributed by atoms with E-state index in [-0.39, 0.29) is 32.9 Å². The summed E-state index contributed by atoms with van der Waals surface area (Å²) in [6.07, 6.45) is 1.28. The molecule has 0 saturated heterocycles. The second kappa shape index (κ2) is 8.14. The number of amides is 2. The molecule has 0 aliphatic carbocycles. The van der Waals surface area contributed by atoms with Gasteiger partial charge in [0.15, 0.2) is 5.16 Å². The van der Waals surface area contributed by atoms with Crippen LogP contribution in [0.3, 0.4) is 0 Å². The van der Waals surface area contributed by atoms with Gasteiger partial charge in [-0.15, -0.1) is 0 Å². The van der Waals surface area contributed by atoms with Crippen molar-refractivity contribution in [3.05, 3.63) is 46.6 Å². The lowest BCUT2D eigenvalue weighted by molar-refractivity contribution is -0.119. The van der Waals surface area contributed by atoms with E-state index in [0.29, 0.717) is 0 Å². The third-order valence-corrected chi connectivity index (χ3v) is 3.87. The van der Waals surface area contributed by atoms with Gasteiger partial charge in [0.05, 0.1) is 22.5 Å². The van der Waals surface area contributed by atoms with Gasteiger partial charge >= 0.3 is 0 Å². The molecule has 2 aromatic rings. The maximum atomic E-state index is 11.9. The largest absolute Gasteiger partial charge is 0.382 e. The number of rotatable bonds is 4. The predicted molar refractivity (Wildman–Crippen MR) is 88.9 cm³/mol. The molecule has 0 bridgehead atoms. The second-order valence-corrected chi connectivity index (χ2v) is 5.68. The Hall–Kier alpha value is -2.83. The lowest BCUT2D eigenvalue weighted by Crippen LogP contribution is -2.42. The SMILES string of the molecule is N#Cc1cnc(SCC(=O)NNC(=O)c2ccccc2Cl)nc1N. The van der Waals surface area contributed by atoms with Crippen LogP contribution in [0.5, 0.6) is 0 Å². The highest BCUT2D eigenvalue weighted by atomic mass is 35.5. The smallest absolute Gasteiger partial charge is 0.271 e. The molecule has 1 heterocycles. The summed E-state index contributed by atoms with van der Waals surface area (Å²) in [6.45, 7) is 0. The molecule has 0 aliphatic heterocycles. The van der Waals surface area contributed by atoms with Crippen LogP contribution in [-0.4, -0.2) is 27.5 Å². The van der Waals surface area contributed by atoms with Crippen LogP contribution >= 0.6 is 23.4 Å². The number of nitriles is 1. The van der Waals surface area contributed by atoms with E-state index < -0.39 is 11.8 Å². The molecular formula is C14H11ClN6O2S. The van der Waals surface area contributed by atoms with Gasteiger partial charge in [-0.3, -0.25) is 20.4 Å². The van der Waals surface area contributed by atoms with Gasteiger partial charge in [-0.05, 0) is 12.1 Å². The normalized spacial score (nSPS) is 9.83. The lowest BCUT2D eigenvalue weighted by Gasteiger charge is -2.08. The third-order valence-electron chi connectivity index (χ3n) is 2.68. The Kier molecular flexibility index (Phi) is 5.95. The van der Waals surface area contributed by atoms with Crippen LogP contribution < -0.4 is 16.6 Å². The summed E-state index contributed by atoms with van der Waals surface area (Å²) in [5, 5.41) is 9.26. The van der Waals surface area contributed by atoms with Gasteiger partial charge in [-0.1, -0.05) is 35.5 Å². The highest BCUT2D eigenvalue weighted by Gasteiger charge is 2.11. The van der Waals surface area contributed by atoms with Gasteiger partial charge in [-0.2, -0.15) is 5.26 Å². The number of hydrogen-bond acceptors (Lipinski definition) is 7. The van der Waals surface area contributed by atoms with Crippen LogP contribution in [0.4, 0.5) is 5.82 Å². The number of nitrogens with zero attached hydrogens (tertiary/aromatic N) is 3. The zero-order valence-corrected chi connectivity index (χ0v) is 13.7. The number of hydrogen-bond donors (Lipinski definition) is 3. The summed E-state index contributed by atoms with van der Waals surface area (Å²) in [5.41, 5.74) is 10.5. The first-order chi connectivity index (χ1) is 11.5. The number of nitrogens with two attached hydrogens (primary N) is 1. The number of carbonyl (C=O) groups is 2. The van der Waals surface area contributed by atoms with Crippen LogP contribution in [0.25, 0.3) is 0 Å². The van der Waals surface area contributed by atoms with E-state index in [2.05, 4.69) is 20.8 Å². The van der Waals surface area contributed by atoms with Crippen molar-refractivity contribution < 1.29 is 9.59 Å². The van der Waals surface area contributed by atoms with Gasteiger partial charge in [-0.25, -0.2) is 9.97 Å². The summed E-state index contributed by atoms with van der Waals surface area (Å²) < 4.78 is 0. The molecule has 0 radical (unpaired) electrons. The zero-order chi connectivity index (χ0) is 17.5. The van der Waals surface area contributed by atoms with Gasteiger partial charge in [0.1, 0.15) is 17.5 Å². The molecule has 0 saturated carbocycles. The first-order valence-corrected chi connectivity index (χ1v) is 7.86. The van der Waals surface area contributed by atoms with E-state index in [4.69, 9.17) is 22.6 Å². The third kappa shape index (κ3) is 4.58. The number of carbonyl (C=O) groups excluding carboxylic acids is 2. The molecule has 122 valence electrons. The lowest BCUT2D eigenvalue weighted by atomic mass is 10.2. The Morgan fingerprint density at radius 3 is 2.75 bits per heavy atom. The summed E-state index contributed by atoms with van der Waals surface area (Å²) >= 11 is 6.90. The van der Waals surface area contributed by atoms with Gasteiger partial charge in [0.25, 0.3) is 5.91 Å². The van der Waals surface area contributed by atoms with Crippen molar-refractivity contribution in [1.29, 1.82) is 5.26 Å². The van der Waals surface area contributed by atoms with Crippen molar-refractivity contribution in [3.63, 3.8) is 0 Å². The summed E-state index contributed by atoms with van der Waals surface area (Å²) in [4.78, 5) is 31.4. The topological polar surface area (TPSA) is 134 Å². The number of hydrazine groups is 1. The molecule has 1 aromatic heterocycles. The fraction of sp³-hybridized carbons (Fsp3) is 0.0714. The maximum Gasteiger partial charge on any atom is 0.271 e. The van der Waals surface area contributed by atoms with Crippen molar-refractivity contribution in [1.82, 2.24) is 20.8 Å². The molecule has 4 N–H and O–H groups in total. The Bertz CT molecular complexity index is 823. The van der Waals surface area contributed by atoms with Crippen LogP contribution in [0, 0.1) is 11.3 Å². The molecule has 24 heavy (non-hydrogen) atoms. The number of nitrogens with one attached hydrogen (secondary N) is 2.